The molecular weight excluding hydrogens is 314 g/mol. The van der Waals surface area contributed by atoms with Gasteiger partial charge in [0.1, 0.15) is 5.82 Å². The topological polar surface area (TPSA) is 49.3 Å². The summed E-state index contributed by atoms with van der Waals surface area (Å²) >= 11 is 0. The first-order chi connectivity index (χ1) is 10.8. The molecule has 0 radical (unpaired) electrons. The molecule has 2 N–H and O–H groups in total. The minimum atomic E-state index is -4.73. The lowest BCUT2D eigenvalue weighted by Gasteiger charge is -2.10. The molecule has 23 heavy (non-hydrogen) atoms. The zero-order chi connectivity index (χ0) is 17.0. The van der Waals surface area contributed by atoms with Crippen LogP contribution in [0.25, 0.3) is 0 Å². The second kappa shape index (κ2) is 6.78. The number of hydrogen-bond acceptors (Lipinski definition) is 2. The maximum atomic E-state index is 13.3. The molecule has 0 aliphatic carbocycles. The third kappa shape index (κ3) is 4.53. The van der Waals surface area contributed by atoms with Crippen LogP contribution in [0.4, 0.5) is 23.2 Å². The number of alkyl halides is 3. The third-order valence-electron chi connectivity index (χ3n) is 3.10. The van der Waals surface area contributed by atoms with E-state index in [1.807, 2.05) is 0 Å². The van der Waals surface area contributed by atoms with Gasteiger partial charge in [0.2, 0.25) is 0 Å². The predicted molar refractivity (Wildman–Crippen MR) is 76.6 cm³/mol. The number of amides is 1. The fourth-order valence-electron chi connectivity index (χ4n) is 1.97. The van der Waals surface area contributed by atoms with Gasteiger partial charge in [0, 0.05) is 17.9 Å². The highest BCUT2D eigenvalue weighted by Crippen LogP contribution is 2.30. The number of anilines is 1. The van der Waals surface area contributed by atoms with Crippen molar-refractivity contribution in [3.8, 4) is 0 Å². The zero-order valence-corrected chi connectivity index (χ0v) is 11.8. The van der Waals surface area contributed by atoms with E-state index in [1.165, 1.54) is 0 Å². The summed E-state index contributed by atoms with van der Waals surface area (Å²) < 4.78 is 51.2. The average molecular weight is 327 g/mol. The van der Waals surface area contributed by atoms with E-state index in [1.54, 1.807) is 24.3 Å². The predicted octanol–water partition coefficient (Wildman–Crippen LogP) is 3.63. The Labute approximate surface area is 129 Å². The lowest BCUT2D eigenvalue weighted by molar-refractivity contribution is -0.137. The van der Waals surface area contributed by atoms with E-state index in [4.69, 9.17) is 5.11 Å². The molecule has 0 heterocycles. The van der Waals surface area contributed by atoms with Crippen LogP contribution in [0.5, 0.6) is 0 Å². The summed E-state index contributed by atoms with van der Waals surface area (Å²) in [4.78, 5) is 12.0. The first-order valence-corrected chi connectivity index (χ1v) is 6.68. The van der Waals surface area contributed by atoms with E-state index in [9.17, 15) is 22.4 Å². The van der Waals surface area contributed by atoms with Crippen molar-refractivity contribution in [2.24, 2.45) is 0 Å². The van der Waals surface area contributed by atoms with E-state index < -0.39 is 29.0 Å². The Hall–Kier alpha value is -2.41. The fourth-order valence-corrected chi connectivity index (χ4v) is 1.97. The summed E-state index contributed by atoms with van der Waals surface area (Å²) in [5.74, 6) is -1.98. The van der Waals surface area contributed by atoms with Crippen molar-refractivity contribution in [3.05, 3.63) is 65.0 Å². The molecule has 1 amide bonds. The highest BCUT2D eigenvalue weighted by molar-refractivity contribution is 6.04. The summed E-state index contributed by atoms with van der Waals surface area (Å²) in [5.41, 5.74) is -0.442. The Morgan fingerprint density at radius 2 is 1.74 bits per heavy atom. The standard InChI is InChI=1S/C16H13F4NO2/c17-13-8-11(7-12(9-13)16(18,19)20)15(23)21-14-3-1-10(2-4-14)5-6-22/h1-4,7-9,22H,5-6H2,(H,21,23). The molecule has 2 aromatic rings. The summed E-state index contributed by atoms with van der Waals surface area (Å²) in [7, 11) is 0. The van der Waals surface area contributed by atoms with Crippen molar-refractivity contribution >= 4 is 11.6 Å². The fraction of sp³-hybridized carbons (Fsp3) is 0.188. The number of rotatable bonds is 4. The van der Waals surface area contributed by atoms with Crippen molar-refractivity contribution in [3.63, 3.8) is 0 Å². The third-order valence-corrected chi connectivity index (χ3v) is 3.10. The van der Waals surface area contributed by atoms with Crippen molar-refractivity contribution in [2.45, 2.75) is 12.6 Å². The monoisotopic (exact) mass is 327 g/mol. The number of hydrogen-bond donors (Lipinski definition) is 2. The summed E-state index contributed by atoms with van der Waals surface area (Å²) in [5, 5.41) is 11.2. The Morgan fingerprint density at radius 1 is 1.09 bits per heavy atom. The minimum Gasteiger partial charge on any atom is -0.396 e. The highest BCUT2D eigenvalue weighted by atomic mass is 19.4. The quantitative estimate of drug-likeness (QED) is 0.843. The molecule has 3 nitrogen and oxygen atoms in total. The Morgan fingerprint density at radius 3 is 2.30 bits per heavy atom. The van der Waals surface area contributed by atoms with Crippen molar-refractivity contribution < 1.29 is 27.5 Å². The van der Waals surface area contributed by atoms with E-state index in [0.29, 0.717) is 24.2 Å². The number of benzene rings is 2. The molecule has 0 aliphatic rings. The van der Waals surface area contributed by atoms with Gasteiger partial charge in [0.15, 0.2) is 0 Å². The van der Waals surface area contributed by atoms with E-state index in [-0.39, 0.29) is 6.61 Å². The van der Waals surface area contributed by atoms with Gasteiger partial charge < -0.3 is 10.4 Å². The van der Waals surface area contributed by atoms with E-state index >= 15 is 0 Å². The Bertz CT molecular complexity index is 696. The van der Waals surface area contributed by atoms with Gasteiger partial charge in [0.25, 0.3) is 5.91 Å². The molecular formula is C16H13F4NO2. The van der Waals surface area contributed by atoms with Gasteiger partial charge in [-0.15, -0.1) is 0 Å². The number of carbonyl (C=O) groups excluding carboxylic acids is 1. The first-order valence-electron chi connectivity index (χ1n) is 6.68. The van der Waals surface area contributed by atoms with Gasteiger partial charge >= 0.3 is 6.18 Å². The second-order valence-electron chi connectivity index (χ2n) is 4.85. The average Bonchev–Trinajstić information content (AvgIpc) is 2.48. The largest absolute Gasteiger partial charge is 0.416 e. The number of aliphatic hydroxyl groups excluding tert-OH is 1. The van der Waals surface area contributed by atoms with Crippen LogP contribution in [-0.4, -0.2) is 17.6 Å². The minimum absolute atomic E-state index is 0.0186. The van der Waals surface area contributed by atoms with Gasteiger partial charge in [0.05, 0.1) is 5.56 Å². The second-order valence-corrected chi connectivity index (χ2v) is 4.85. The van der Waals surface area contributed by atoms with Gasteiger partial charge in [-0.25, -0.2) is 4.39 Å². The van der Waals surface area contributed by atoms with Gasteiger partial charge in [-0.3, -0.25) is 4.79 Å². The molecule has 0 aromatic heterocycles. The maximum absolute atomic E-state index is 13.3. The van der Waals surface area contributed by atoms with Crippen molar-refractivity contribution in [1.29, 1.82) is 0 Å². The number of carbonyl (C=O) groups is 1. The van der Waals surface area contributed by atoms with Crippen molar-refractivity contribution in [2.75, 3.05) is 11.9 Å². The van der Waals surface area contributed by atoms with Crippen LogP contribution in [0.3, 0.4) is 0 Å². The molecule has 0 spiro atoms. The lowest BCUT2D eigenvalue weighted by Crippen LogP contribution is -2.14. The Kier molecular flexibility index (Phi) is 5.00. The SMILES string of the molecule is O=C(Nc1ccc(CCO)cc1)c1cc(F)cc(C(F)(F)F)c1. The molecule has 122 valence electrons. The number of aliphatic hydroxyl groups is 1. The number of nitrogens with one attached hydrogen (secondary N) is 1. The summed E-state index contributed by atoms with van der Waals surface area (Å²) in [6, 6.07) is 8.10. The molecule has 7 heteroatoms. The van der Waals surface area contributed by atoms with Crippen molar-refractivity contribution in [1.82, 2.24) is 0 Å². The van der Waals surface area contributed by atoms with Gasteiger partial charge in [-0.1, -0.05) is 12.1 Å². The molecule has 0 unspecified atom stereocenters. The van der Waals surface area contributed by atoms with Crippen LogP contribution in [0, 0.1) is 5.82 Å². The maximum Gasteiger partial charge on any atom is 0.416 e. The van der Waals surface area contributed by atoms with Gasteiger partial charge in [-0.2, -0.15) is 13.2 Å². The number of halogens is 4. The molecule has 0 saturated carbocycles. The lowest BCUT2D eigenvalue weighted by atomic mass is 10.1. The van der Waals surface area contributed by atoms with Crippen LogP contribution in [-0.2, 0) is 12.6 Å². The summed E-state index contributed by atoms with van der Waals surface area (Å²) in [6.07, 6.45) is -4.28. The van der Waals surface area contributed by atoms with Gasteiger partial charge in [-0.05, 0) is 42.3 Å². The molecule has 0 aliphatic heterocycles. The zero-order valence-electron chi connectivity index (χ0n) is 11.8. The molecule has 0 fully saturated rings. The van der Waals surface area contributed by atoms with Crippen LogP contribution < -0.4 is 5.32 Å². The molecule has 0 bridgehead atoms. The Balaban J connectivity index is 2.19. The van der Waals surface area contributed by atoms with Crippen LogP contribution in [0.2, 0.25) is 0 Å². The van der Waals surface area contributed by atoms with Crippen LogP contribution in [0.1, 0.15) is 21.5 Å². The highest BCUT2D eigenvalue weighted by Gasteiger charge is 2.32. The normalized spacial score (nSPS) is 11.3. The van der Waals surface area contributed by atoms with Crippen LogP contribution in [0.15, 0.2) is 42.5 Å². The molecule has 2 aromatic carbocycles. The summed E-state index contributed by atoms with van der Waals surface area (Å²) in [6.45, 7) is -0.0186. The van der Waals surface area contributed by atoms with E-state index in [2.05, 4.69) is 5.32 Å². The molecule has 0 atom stereocenters. The smallest absolute Gasteiger partial charge is 0.396 e. The molecule has 2 rings (SSSR count). The molecule has 0 saturated heterocycles. The van der Waals surface area contributed by atoms with Crippen LogP contribution >= 0.6 is 0 Å². The first kappa shape index (κ1) is 17.0. The van der Waals surface area contributed by atoms with E-state index in [0.717, 1.165) is 11.6 Å².